The predicted molar refractivity (Wildman–Crippen MR) is 72.1 cm³/mol. The fraction of sp³-hybridized carbons (Fsp3) is 0.375. The Morgan fingerprint density at radius 2 is 1.72 bits per heavy atom. The van der Waals surface area contributed by atoms with Gasteiger partial charge in [-0.1, -0.05) is 44.4 Å². The highest BCUT2D eigenvalue weighted by Gasteiger charge is 2.21. The maximum Gasteiger partial charge on any atom is 0.186 e. The summed E-state index contributed by atoms with van der Waals surface area (Å²) < 4.78 is 0. The van der Waals surface area contributed by atoms with Crippen LogP contribution in [0.15, 0.2) is 30.4 Å². The van der Waals surface area contributed by atoms with Gasteiger partial charge < -0.3 is 0 Å². The molecule has 0 aliphatic heterocycles. The third-order valence-corrected chi connectivity index (χ3v) is 3.35. The molecule has 0 atom stereocenters. The third-order valence-electron chi connectivity index (χ3n) is 3.35. The van der Waals surface area contributed by atoms with E-state index in [9.17, 15) is 9.59 Å². The van der Waals surface area contributed by atoms with E-state index in [0.29, 0.717) is 11.1 Å². The molecule has 0 fully saturated rings. The Morgan fingerprint density at radius 3 is 2.50 bits per heavy atom. The molecule has 0 N–H and O–H groups in total. The van der Waals surface area contributed by atoms with E-state index < -0.39 is 0 Å². The average molecular weight is 242 g/mol. The fourth-order valence-electron chi connectivity index (χ4n) is 2.37. The largest absolute Gasteiger partial charge is 0.289 e. The minimum absolute atomic E-state index is 0.0318. The van der Waals surface area contributed by atoms with E-state index in [2.05, 4.69) is 6.92 Å². The van der Waals surface area contributed by atoms with Crippen molar-refractivity contribution in [2.24, 2.45) is 0 Å². The van der Waals surface area contributed by atoms with Gasteiger partial charge in [0.2, 0.25) is 0 Å². The van der Waals surface area contributed by atoms with Crippen LogP contribution in [0, 0.1) is 0 Å². The average Bonchev–Trinajstić information content (AvgIpc) is 2.39. The summed E-state index contributed by atoms with van der Waals surface area (Å²) in [7, 11) is 0. The van der Waals surface area contributed by atoms with Crippen molar-refractivity contribution in [1.29, 1.82) is 0 Å². The summed E-state index contributed by atoms with van der Waals surface area (Å²) in [5.74, 6) is -0.0873. The molecule has 0 amide bonds. The summed E-state index contributed by atoms with van der Waals surface area (Å²) in [4.78, 5) is 23.6. The lowest BCUT2D eigenvalue weighted by Crippen LogP contribution is -2.14. The van der Waals surface area contributed by atoms with Gasteiger partial charge in [0.25, 0.3) is 0 Å². The number of rotatable bonds is 5. The number of hydrogen-bond acceptors (Lipinski definition) is 2. The zero-order chi connectivity index (χ0) is 13.0. The normalized spacial score (nSPS) is 13.8. The van der Waals surface area contributed by atoms with Crippen molar-refractivity contribution in [2.75, 3.05) is 0 Å². The van der Waals surface area contributed by atoms with E-state index in [1.54, 1.807) is 6.07 Å². The first-order valence-corrected chi connectivity index (χ1v) is 6.62. The summed E-state index contributed by atoms with van der Waals surface area (Å²) in [6.07, 6.45) is 8.32. The van der Waals surface area contributed by atoms with Gasteiger partial charge in [0.05, 0.1) is 0 Å². The molecule has 0 unspecified atom stereocenters. The van der Waals surface area contributed by atoms with E-state index in [1.807, 2.05) is 12.1 Å². The van der Waals surface area contributed by atoms with Crippen LogP contribution in [0.25, 0.3) is 0 Å². The first-order valence-electron chi connectivity index (χ1n) is 6.62. The summed E-state index contributed by atoms with van der Waals surface area (Å²) in [5, 5.41) is 0. The number of hydrogen-bond donors (Lipinski definition) is 0. The second-order valence-electron chi connectivity index (χ2n) is 4.71. The Hall–Kier alpha value is -1.70. The van der Waals surface area contributed by atoms with Crippen LogP contribution in [0.2, 0.25) is 0 Å². The number of carbonyl (C=O) groups excluding carboxylic acids is 2. The van der Waals surface area contributed by atoms with E-state index in [1.165, 1.54) is 31.4 Å². The van der Waals surface area contributed by atoms with Crippen LogP contribution in [-0.2, 0) is 6.42 Å². The van der Waals surface area contributed by atoms with Crippen LogP contribution < -0.4 is 0 Å². The van der Waals surface area contributed by atoms with Crippen LogP contribution in [-0.4, -0.2) is 11.6 Å². The number of fused-ring (bicyclic) bond motifs is 1. The SMILES string of the molecule is CCCCCCc1cccc2c1C(=O)C=CC2=O. The molecule has 0 radical (unpaired) electrons. The maximum absolute atomic E-state index is 11.9. The molecule has 2 nitrogen and oxygen atoms in total. The van der Waals surface area contributed by atoms with Crippen molar-refractivity contribution >= 4 is 11.6 Å². The molecule has 0 saturated heterocycles. The molecule has 0 bridgehead atoms. The maximum atomic E-state index is 11.9. The molecule has 94 valence electrons. The van der Waals surface area contributed by atoms with Crippen molar-refractivity contribution in [1.82, 2.24) is 0 Å². The minimum atomic E-state index is -0.0555. The van der Waals surface area contributed by atoms with Crippen LogP contribution in [0.3, 0.4) is 0 Å². The Bertz CT molecular complexity index is 498. The Morgan fingerprint density at radius 1 is 0.944 bits per heavy atom. The van der Waals surface area contributed by atoms with Gasteiger partial charge in [0.15, 0.2) is 11.6 Å². The smallest absolute Gasteiger partial charge is 0.186 e. The van der Waals surface area contributed by atoms with Crippen molar-refractivity contribution in [3.05, 3.63) is 47.0 Å². The summed E-state index contributed by atoms with van der Waals surface area (Å²) >= 11 is 0. The molecule has 1 aliphatic carbocycles. The number of carbonyl (C=O) groups is 2. The number of ketones is 2. The molecule has 2 rings (SSSR count). The van der Waals surface area contributed by atoms with Gasteiger partial charge in [0.1, 0.15) is 0 Å². The second kappa shape index (κ2) is 5.76. The van der Waals surface area contributed by atoms with Crippen molar-refractivity contribution in [2.45, 2.75) is 39.0 Å². The van der Waals surface area contributed by atoms with Gasteiger partial charge >= 0.3 is 0 Å². The lowest BCUT2D eigenvalue weighted by atomic mass is 9.88. The molecule has 1 aromatic carbocycles. The van der Waals surface area contributed by atoms with Crippen molar-refractivity contribution in [3.8, 4) is 0 Å². The Balaban J connectivity index is 2.20. The molecule has 1 aliphatic rings. The number of benzene rings is 1. The van der Waals surface area contributed by atoms with Crippen LogP contribution >= 0.6 is 0 Å². The summed E-state index contributed by atoms with van der Waals surface area (Å²) in [6, 6.07) is 5.59. The highest BCUT2D eigenvalue weighted by atomic mass is 16.1. The molecular weight excluding hydrogens is 224 g/mol. The molecule has 0 heterocycles. The number of allylic oxidation sites excluding steroid dienone is 2. The van der Waals surface area contributed by atoms with E-state index >= 15 is 0 Å². The van der Waals surface area contributed by atoms with Gasteiger partial charge in [-0.25, -0.2) is 0 Å². The van der Waals surface area contributed by atoms with Crippen LogP contribution in [0.5, 0.6) is 0 Å². The molecule has 0 spiro atoms. The topological polar surface area (TPSA) is 34.1 Å². The van der Waals surface area contributed by atoms with Gasteiger partial charge in [0, 0.05) is 11.1 Å². The van der Waals surface area contributed by atoms with Gasteiger partial charge in [-0.2, -0.15) is 0 Å². The highest BCUT2D eigenvalue weighted by Crippen LogP contribution is 2.22. The standard InChI is InChI=1S/C16H18O2/c1-2-3-4-5-7-12-8-6-9-13-14(17)10-11-15(18)16(12)13/h6,8-11H,2-5,7H2,1H3. The fourth-order valence-corrected chi connectivity index (χ4v) is 2.37. The van der Waals surface area contributed by atoms with Crippen molar-refractivity contribution < 1.29 is 9.59 Å². The zero-order valence-corrected chi connectivity index (χ0v) is 10.7. The number of unbranched alkanes of at least 4 members (excludes halogenated alkanes) is 3. The predicted octanol–water partition coefficient (Wildman–Crippen LogP) is 3.74. The first-order chi connectivity index (χ1) is 8.74. The molecule has 1 aromatic rings. The lowest BCUT2D eigenvalue weighted by Gasteiger charge is -2.13. The van der Waals surface area contributed by atoms with Gasteiger partial charge in [-0.3, -0.25) is 9.59 Å². The Kier molecular flexibility index (Phi) is 4.08. The van der Waals surface area contributed by atoms with Crippen molar-refractivity contribution in [3.63, 3.8) is 0 Å². The first kappa shape index (κ1) is 12.7. The molecule has 0 saturated carbocycles. The van der Waals surface area contributed by atoms with E-state index in [4.69, 9.17) is 0 Å². The second-order valence-corrected chi connectivity index (χ2v) is 4.71. The van der Waals surface area contributed by atoms with Crippen LogP contribution in [0.4, 0.5) is 0 Å². The summed E-state index contributed by atoms with van der Waals surface area (Å²) in [5.41, 5.74) is 2.21. The lowest BCUT2D eigenvalue weighted by molar-refractivity contribution is 0.0993. The van der Waals surface area contributed by atoms with Gasteiger partial charge in [-0.05, 0) is 30.6 Å². The van der Waals surface area contributed by atoms with E-state index in [0.717, 1.165) is 18.4 Å². The van der Waals surface area contributed by atoms with Gasteiger partial charge in [-0.15, -0.1) is 0 Å². The quantitative estimate of drug-likeness (QED) is 0.737. The highest BCUT2D eigenvalue weighted by molar-refractivity contribution is 6.22. The Labute approximate surface area is 108 Å². The zero-order valence-electron chi connectivity index (χ0n) is 10.7. The van der Waals surface area contributed by atoms with Crippen LogP contribution in [0.1, 0.15) is 58.9 Å². The molecule has 2 heteroatoms. The third kappa shape index (κ3) is 2.58. The molecule has 0 aromatic heterocycles. The van der Waals surface area contributed by atoms with E-state index in [-0.39, 0.29) is 11.6 Å². The molecule has 18 heavy (non-hydrogen) atoms. The molecular formula is C16H18O2. The summed E-state index contributed by atoms with van der Waals surface area (Å²) in [6.45, 7) is 2.18. The monoisotopic (exact) mass is 242 g/mol. The minimum Gasteiger partial charge on any atom is -0.289 e. The number of aryl methyl sites for hydroxylation is 1.